The number of benzene rings is 1. The Morgan fingerprint density at radius 1 is 1.14 bits per heavy atom. The van der Waals surface area contributed by atoms with Gasteiger partial charge >= 0.3 is 6.61 Å². The molecule has 0 spiro atoms. The van der Waals surface area contributed by atoms with Crippen molar-refractivity contribution in [1.29, 1.82) is 0 Å². The van der Waals surface area contributed by atoms with Gasteiger partial charge in [0.2, 0.25) is 0 Å². The summed E-state index contributed by atoms with van der Waals surface area (Å²) in [6, 6.07) is 1.23. The molecule has 0 aliphatic carbocycles. The summed E-state index contributed by atoms with van der Waals surface area (Å²) in [7, 11) is 0. The van der Waals surface area contributed by atoms with E-state index >= 15 is 0 Å². The summed E-state index contributed by atoms with van der Waals surface area (Å²) in [5.74, 6) is -3.42. The number of ether oxygens (including phenoxy) is 1. The molecule has 0 amide bonds. The quantitative estimate of drug-likeness (QED) is 0.699. The van der Waals surface area contributed by atoms with Crippen LogP contribution < -0.4 is 4.74 Å². The van der Waals surface area contributed by atoms with Gasteiger partial charge in [0.05, 0.1) is 5.56 Å². The lowest BCUT2D eigenvalue weighted by molar-refractivity contribution is -0.0532. The van der Waals surface area contributed by atoms with Crippen LogP contribution in [0.3, 0.4) is 0 Å². The third-order valence-electron chi connectivity index (χ3n) is 1.50. The van der Waals surface area contributed by atoms with Crippen LogP contribution in [0.15, 0.2) is 12.1 Å². The van der Waals surface area contributed by atoms with E-state index in [1.165, 1.54) is 0 Å². The topological polar surface area (TPSA) is 9.23 Å². The van der Waals surface area contributed by atoms with Crippen molar-refractivity contribution in [3.63, 3.8) is 0 Å². The molecule has 0 bridgehead atoms. The van der Waals surface area contributed by atoms with Crippen LogP contribution in [0, 0.1) is 11.6 Å². The zero-order chi connectivity index (χ0) is 10.7. The normalized spacial score (nSPS) is 10.7. The molecule has 1 aromatic rings. The van der Waals surface area contributed by atoms with Gasteiger partial charge in [0.25, 0.3) is 0 Å². The molecule has 0 aliphatic rings. The fraction of sp³-hybridized carbons (Fsp3) is 0.250. The van der Waals surface area contributed by atoms with Crippen molar-refractivity contribution < 1.29 is 26.7 Å². The maximum Gasteiger partial charge on any atom is 0.387 e. The Morgan fingerprint density at radius 2 is 1.71 bits per heavy atom. The Kier molecular flexibility index (Phi) is 3.27. The third kappa shape index (κ3) is 2.12. The summed E-state index contributed by atoms with van der Waals surface area (Å²) in [6.07, 6.45) is 0. The van der Waals surface area contributed by atoms with Crippen LogP contribution >= 0.6 is 0 Å². The van der Waals surface area contributed by atoms with Gasteiger partial charge in [-0.1, -0.05) is 0 Å². The largest absolute Gasteiger partial charge is 0.431 e. The SMILES string of the molecule is FCc1c(F)ccc(F)c1OC(F)F. The first-order valence-corrected chi connectivity index (χ1v) is 3.54. The highest BCUT2D eigenvalue weighted by molar-refractivity contribution is 5.35. The fourth-order valence-corrected chi connectivity index (χ4v) is 0.916. The Morgan fingerprint density at radius 3 is 2.21 bits per heavy atom. The van der Waals surface area contributed by atoms with Crippen LogP contribution in [0.4, 0.5) is 22.0 Å². The standard InChI is InChI=1S/C8H5F5O/c9-3-4-5(10)1-2-6(11)7(4)14-8(12)13/h1-2,8H,3H2. The van der Waals surface area contributed by atoms with E-state index in [0.29, 0.717) is 12.1 Å². The highest BCUT2D eigenvalue weighted by Gasteiger charge is 2.18. The van der Waals surface area contributed by atoms with Gasteiger partial charge < -0.3 is 4.74 Å². The van der Waals surface area contributed by atoms with Crippen LogP contribution in [0.5, 0.6) is 5.75 Å². The van der Waals surface area contributed by atoms with E-state index in [2.05, 4.69) is 4.74 Å². The fourth-order valence-electron chi connectivity index (χ4n) is 0.916. The summed E-state index contributed by atoms with van der Waals surface area (Å²) >= 11 is 0. The smallest absolute Gasteiger partial charge is 0.387 e. The molecular weight excluding hydrogens is 207 g/mol. The molecule has 1 rings (SSSR count). The minimum atomic E-state index is -3.32. The van der Waals surface area contributed by atoms with Gasteiger partial charge in [-0.25, -0.2) is 13.2 Å². The average molecular weight is 212 g/mol. The number of hydrogen-bond acceptors (Lipinski definition) is 1. The van der Waals surface area contributed by atoms with Crippen molar-refractivity contribution in [3.8, 4) is 5.75 Å². The second-order valence-electron chi connectivity index (χ2n) is 2.35. The van der Waals surface area contributed by atoms with Crippen molar-refractivity contribution in [1.82, 2.24) is 0 Å². The summed E-state index contributed by atoms with van der Waals surface area (Å²) in [6.45, 7) is -4.73. The van der Waals surface area contributed by atoms with E-state index in [0.717, 1.165) is 0 Å². The number of hydrogen-bond donors (Lipinski definition) is 0. The molecule has 0 fully saturated rings. The van der Waals surface area contributed by atoms with E-state index in [1.54, 1.807) is 0 Å². The minimum Gasteiger partial charge on any atom is -0.431 e. The zero-order valence-corrected chi connectivity index (χ0v) is 6.74. The summed E-state index contributed by atoms with van der Waals surface area (Å²) < 4.78 is 64.8. The van der Waals surface area contributed by atoms with Crippen molar-refractivity contribution >= 4 is 0 Å². The molecule has 0 N–H and O–H groups in total. The molecule has 0 aliphatic heterocycles. The van der Waals surface area contributed by atoms with Gasteiger partial charge in [0.1, 0.15) is 12.5 Å². The van der Waals surface area contributed by atoms with Gasteiger partial charge in [-0.05, 0) is 12.1 Å². The molecule has 1 nitrogen and oxygen atoms in total. The third-order valence-corrected chi connectivity index (χ3v) is 1.50. The number of alkyl halides is 3. The van der Waals surface area contributed by atoms with Crippen LogP contribution in [0.25, 0.3) is 0 Å². The summed E-state index contributed by atoms with van der Waals surface area (Å²) in [5, 5.41) is 0. The Hall–Kier alpha value is -1.33. The van der Waals surface area contributed by atoms with Gasteiger partial charge in [-0.2, -0.15) is 8.78 Å². The molecule has 0 atom stereocenters. The van der Waals surface area contributed by atoms with Crippen molar-refractivity contribution in [3.05, 3.63) is 29.3 Å². The zero-order valence-electron chi connectivity index (χ0n) is 6.74. The Balaban J connectivity index is 3.16. The highest BCUT2D eigenvalue weighted by atomic mass is 19.3. The van der Waals surface area contributed by atoms with Crippen LogP contribution in [0.1, 0.15) is 5.56 Å². The first-order valence-electron chi connectivity index (χ1n) is 3.54. The highest BCUT2D eigenvalue weighted by Crippen LogP contribution is 2.27. The first kappa shape index (κ1) is 10.7. The predicted molar refractivity (Wildman–Crippen MR) is 37.8 cm³/mol. The molecule has 0 radical (unpaired) electrons. The summed E-state index contributed by atoms with van der Waals surface area (Å²) in [5.41, 5.74) is -0.842. The first-order chi connectivity index (χ1) is 6.56. The second-order valence-corrected chi connectivity index (χ2v) is 2.35. The van der Waals surface area contributed by atoms with E-state index in [1.807, 2.05) is 0 Å². The monoisotopic (exact) mass is 212 g/mol. The van der Waals surface area contributed by atoms with Crippen molar-refractivity contribution in [2.45, 2.75) is 13.3 Å². The van der Waals surface area contributed by atoms with Gasteiger partial charge in [0.15, 0.2) is 11.6 Å². The van der Waals surface area contributed by atoms with Gasteiger partial charge in [0, 0.05) is 0 Å². The van der Waals surface area contributed by atoms with E-state index in [-0.39, 0.29) is 0 Å². The van der Waals surface area contributed by atoms with Crippen molar-refractivity contribution in [2.24, 2.45) is 0 Å². The van der Waals surface area contributed by atoms with Gasteiger partial charge in [-0.15, -0.1) is 0 Å². The lowest BCUT2D eigenvalue weighted by Gasteiger charge is -2.09. The average Bonchev–Trinajstić information content (AvgIpc) is 2.11. The molecule has 1 aromatic carbocycles. The Labute approximate surface area is 76.1 Å². The minimum absolute atomic E-state index is 0.589. The predicted octanol–water partition coefficient (Wildman–Crippen LogP) is 3.04. The number of halogens is 5. The maximum absolute atomic E-state index is 12.8. The number of rotatable bonds is 3. The molecule has 0 saturated heterocycles. The lowest BCUT2D eigenvalue weighted by Crippen LogP contribution is -2.07. The summed E-state index contributed by atoms with van der Waals surface area (Å²) in [4.78, 5) is 0. The lowest BCUT2D eigenvalue weighted by atomic mass is 10.2. The molecule has 78 valence electrons. The van der Waals surface area contributed by atoms with Crippen LogP contribution in [-0.2, 0) is 6.67 Å². The van der Waals surface area contributed by atoms with E-state index < -0.39 is 36.2 Å². The maximum atomic E-state index is 12.8. The van der Waals surface area contributed by atoms with E-state index in [9.17, 15) is 22.0 Å². The molecule has 0 heterocycles. The molecule has 6 heteroatoms. The molecular formula is C8H5F5O. The Bertz CT molecular complexity index is 326. The van der Waals surface area contributed by atoms with Gasteiger partial charge in [-0.3, -0.25) is 0 Å². The molecule has 0 aromatic heterocycles. The molecule has 0 unspecified atom stereocenters. The van der Waals surface area contributed by atoms with Crippen molar-refractivity contribution in [2.75, 3.05) is 0 Å². The second kappa shape index (κ2) is 4.26. The molecule has 0 saturated carbocycles. The van der Waals surface area contributed by atoms with Crippen LogP contribution in [-0.4, -0.2) is 6.61 Å². The molecule has 14 heavy (non-hydrogen) atoms. The van der Waals surface area contributed by atoms with E-state index in [4.69, 9.17) is 0 Å². The van der Waals surface area contributed by atoms with Crippen LogP contribution in [0.2, 0.25) is 0 Å².